The summed E-state index contributed by atoms with van der Waals surface area (Å²) in [7, 11) is 0. The second kappa shape index (κ2) is 8.28. The van der Waals surface area contributed by atoms with Gasteiger partial charge in [0.2, 0.25) is 5.91 Å². The van der Waals surface area contributed by atoms with Gasteiger partial charge in [0, 0.05) is 22.5 Å². The lowest BCUT2D eigenvalue weighted by atomic mass is 9.92. The minimum absolute atomic E-state index is 0.188. The molecule has 0 bridgehead atoms. The molecule has 30 heavy (non-hydrogen) atoms. The van der Waals surface area contributed by atoms with Crippen molar-refractivity contribution < 1.29 is 18.0 Å². The number of rotatable bonds is 3. The van der Waals surface area contributed by atoms with Crippen LogP contribution in [0.15, 0.2) is 66.1 Å². The Hall–Kier alpha value is -2.57. The van der Waals surface area contributed by atoms with Crippen molar-refractivity contribution in [2.75, 3.05) is 6.54 Å². The number of carbonyl (C=O) groups is 1. The van der Waals surface area contributed by atoms with E-state index in [-0.39, 0.29) is 5.91 Å². The Bertz CT molecular complexity index is 1070. The number of fused-ring (bicyclic) bond motifs is 1. The molecule has 1 atom stereocenters. The quantitative estimate of drug-likeness (QED) is 0.414. The number of nitrogens with zero attached hydrogens (tertiary/aromatic N) is 1. The summed E-state index contributed by atoms with van der Waals surface area (Å²) < 4.78 is 38.9. The summed E-state index contributed by atoms with van der Waals surface area (Å²) in [6.45, 7) is 0.503. The molecule has 2 heterocycles. The fraction of sp³-hybridized carbons (Fsp3) is 0.174. The van der Waals surface area contributed by atoms with Crippen LogP contribution in [0.2, 0.25) is 5.02 Å². The highest BCUT2D eigenvalue weighted by molar-refractivity contribution is 7.10. The van der Waals surface area contributed by atoms with E-state index < -0.39 is 17.8 Å². The van der Waals surface area contributed by atoms with Crippen LogP contribution in [0.25, 0.3) is 6.08 Å². The molecular formula is C23H17ClF3NOS. The van der Waals surface area contributed by atoms with Gasteiger partial charge in [-0.2, -0.15) is 13.2 Å². The van der Waals surface area contributed by atoms with Gasteiger partial charge in [0.1, 0.15) is 0 Å². The Kier molecular flexibility index (Phi) is 5.71. The summed E-state index contributed by atoms with van der Waals surface area (Å²) in [5.74, 6) is -0.188. The van der Waals surface area contributed by atoms with E-state index in [0.717, 1.165) is 34.6 Å². The molecule has 3 aromatic rings. The number of carbonyl (C=O) groups excluding carboxylic acids is 1. The van der Waals surface area contributed by atoms with E-state index >= 15 is 0 Å². The third kappa shape index (κ3) is 4.30. The van der Waals surface area contributed by atoms with Crippen LogP contribution in [0, 0.1) is 0 Å². The van der Waals surface area contributed by atoms with Crippen LogP contribution in [-0.2, 0) is 17.4 Å². The normalized spacial score (nSPS) is 16.7. The van der Waals surface area contributed by atoms with Crippen LogP contribution in [-0.4, -0.2) is 17.4 Å². The first-order valence-electron chi connectivity index (χ1n) is 9.30. The number of thiophene rings is 1. The molecule has 1 unspecified atom stereocenters. The number of halogens is 4. The molecule has 0 saturated heterocycles. The number of alkyl halides is 3. The molecular weight excluding hydrogens is 431 g/mol. The Morgan fingerprint density at radius 3 is 2.43 bits per heavy atom. The zero-order valence-corrected chi connectivity index (χ0v) is 17.3. The maximum absolute atomic E-state index is 13.0. The van der Waals surface area contributed by atoms with Gasteiger partial charge in [-0.3, -0.25) is 4.79 Å². The van der Waals surface area contributed by atoms with E-state index in [0.29, 0.717) is 17.1 Å². The van der Waals surface area contributed by atoms with Gasteiger partial charge in [0.05, 0.1) is 11.6 Å². The topological polar surface area (TPSA) is 20.3 Å². The van der Waals surface area contributed by atoms with E-state index in [1.54, 1.807) is 34.4 Å². The first kappa shape index (κ1) is 20.7. The smallest absolute Gasteiger partial charge is 0.328 e. The second-order valence-corrected chi connectivity index (χ2v) is 8.43. The molecule has 2 aromatic carbocycles. The highest BCUT2D eigenvalue weighted by atomic mass is 35.5. The summed E-state index contributed by atoms with van der Waals surface area (Å²) >= 11 is 7.50. The number of amides is 1. The third-order valence-corrected chi connectivity index (χ3v) is 6.34. The third-order valence-electron chi connectivity index (χ3n) is 5.09. The van der Waals surface area contributed by atoms with Gasteiger partial charge in [-0.1, -0.05) is 35.9 Å². The van der Waals surface area contributed by atoms with Gasteiger partial charge in [-0.05, 0) is 64.9 Å². The zero-order valence-electron chi connectivity index (χ0n) is 15.7. The minimum atomic E-state index is -4.39. The predicted octanol–water partition coefficient (Wildman–Crippen LogP) is 6.61. The van der Waals surface area contributed by atoms with E-state index in [4.69, 9.17) is 11.6 Å². The second-order valence-electron chi connectivity index (χ2n) is 6.99. The van der Waals surface area contributed by atoms with Gasteiger partial charge in [0.15, 0.2) is 0 Å². The summed E-state index contributed by atoms with van der Waals surface area (Å²) in [6, 6.07) is 13.7. The van der Waals surface area contributed by atoms with Crippen molar-refractivity contribution in [1.82, 2.24) is 4.90 Å². The number of hydrogen-bond acceptors (Lipinski definition) is 2. The van der Waals surface area contributed by atoms with Crippen molar-refractivity contribution in [3.63, 3.8) is 0 Å². The Balaban J connectivity index is 1.64. The molecule has 0 N–H and O–H groups in total. The highest BCUT2D eigenvalue weighted by Gasteiger charge is 2.34. The maximum atomic E-state index is 13.0. The lowest BCUT2D eigenvalue weighted by Crippen LogP contribution is -2.39. The van der Waals surface area contributed by atoms with Crippen LogP contribution in [0.1, 0.15) is 33.2 Å². The van der Waals surface area contributed by atoms with Crippen molar-refractivity contribution >= 4 is 34.9 Å². The molecule has 0 aliphatic carbocycles. The fourth-order valence-electron chi connectivity index (χ4n) is 3.60. The summed E-state index contributed by atoms with van der Waals surface area (Å²) in [4.78, 5) is 15.9. The molecule has 4 rings (SSSR count). The molecule has 0 radical (unpaired) electrons. The monoisotopic (exact) mass is 447 g/mol. The Morgan fingerprint density at radius 2 is 1.77 bits per heavy atom. The molecule has 0 saturated carbocycles. The van der Waals surface area contributed by atoms with Crippen LogP contribution < -0.4 is 0 Å². The van der Waals surface area contributed by atoms with E-state index in [1.165, 1.54) is 18.2 Å². The lowest BCUT2D eigenvalue weighted by molar-refractivity contribution is -0.137. The number of benzene rings is 2. The van der Waals surface area contributed by atoms with Crippen molar-refractivity contribution in [1.29, 1.82) is 0 Å². The average molecular weight is 448 g/mol. The molecule has 1 amide bonds. The standard InChI is InChI=1S/C23H17ClF3NOS/c24-18-8-1-15(2-9-18)3-10-21(29)28-13-11-20-19(12-14-30-20)22(28)16-4-6-17(7-5-16)23(25,26)27/h1-10,12,14,22H,11,13H2/b10-3+. The van der Waals surface area contributed by atoms with Crippen LogP contribution in [0.3, 0.4) is 0 Å². The van der Waals surface area contributed by atoms with Crippen molar-refractivity contribution in [2.24, 2.45) is 0 Å². The SMILES string of the molecule is O=C(/C=C/c1ccc(Cl)cc1)N1CCc2sccc2C1c1ccc(C(F)(F)F)cc1. The fourth-order valence-corrected chi connectivity index (χ4v) is 4.63. The molecule has 7 heteroatoms. The molecule has 1 aliphatic heterocycles. The van der Waals surface area contributed by atoms with E-state index in [9.17, 15) is 18.0 Å². The minimum Gasteiger partial charge on any atom is -0.328 e. The molecule has 1 aromatic heterocycles. The van der Waals surface area contributed by atoms with Gasteiger partial charge in [-0.15, -0.1) is 11.3 Å². The summed E-state index contributed by atoms with van der Waals surface area (Å²) in [6.07, 6.45) is -0.455. The van der Waals surface area contributed by atoms with Gasteiger partial charge in [-0.25, -0.2) is 0 Å². The predicted molar refractivity (Wildman–Crippen MR) is 114 cm³/mol. The highest BCUT2D eigenvalue weighted by Crippen LogP contribution is 2.39. The zero-order chi connectivity index (χ0) is 21.3. The number of hydrogen-bond donors (Lipinski definition) is 0. The van der Waals surface area contributed by atoms with Crippen LogP contribution in [0.4, 0.5) is 13.2 Å². The Labute approximate surface area is 181 Å². The summed E-state index contributed by atoms with van der Waals surface area (Å²) in [5.41, 5.74) is 1.77. The van der Waals surface area contributed by atoms with Gasteiger partial charge >= 0.3 is 6.18 Å². The van der Waals surface area contributed by atoms with Crippen molar-refractivity contribution in [3.05, 3.63) is 98.2 Å². The van der Waals surface area contributed by atoms with Crippen molar-refractivity contribution in [2.45, 2.75) is 18.6 Å². The van der Waals surface area contributed by atoms with Crippen LogP contribution in [0.5, 0.6) is 0 Å². The van der Waals surface area contributed by atoms with Crippen LogP contribution >= 0.6 is 22.9 Å². The van der Waals surface area contributed by atoms with E-state index in [1.807, 2.05) is 23.6 Å². The van der Waals surface area contributed by atoms with Crippen molar-refractivity contribution in [3.8, 4) is 0 Å². The Morgan fingerprint density at radius 1 is 1.07 bits per heavy atom. The molecule has 1 aliphatic rings. The van der Waals surface area contributed by atoms with Gasteiger partial charge < -0.3 is 4.90 Å². The summed E-state index contributed by atoms with van der Waals surface area (Å²) in [5, 5.41) is 2.57. The maximum Gasteiger partial charge on any atom is 0.416 e. The van der Waals surface area contributed by atoms with E-state index in [2.05, 4.69) is 0 Å². The molecule has 154 valence electrons. The first-order chi connectivity index (χ1) is 14.3. The average Bonchev–Trinajstić information content (AvgIpc) is 3.21. The first-order valence-corrected chi connectivity index (χ1v) is 10.6. The molecule has 2 nitrogen and oxygen atoms in total. The lowest BCUT2D eigenvalue weighted by Gasteiger charge is -2.35. The largest absolute Gasteiger partial charge is 0.416 e. The molecule has 0 fully saturated rings. The van der Waals surface area contributed by atoms with Gasteiger partial charge in [0.25, 0.3) is 0 Å². The molecule has 0 spiro atoms.